The van der Waals surface area contributed by atoms with Crippen LogP contribution in [0.3, 0.4) is 0 Å². The summed E-state index contributed by atoms with van der Waals surface area (Å²) in [4.78, 5) is 18.1. The van der Waals surface area contributed by atoms with Gasteiger partial charge in [-0.05, 0) is 19.2 Å². The average molecular weight is 321 g/mol. The summed E-state index contributed by atoms with van der Waals surface area (Å²) < 4.78 is 0. The number of hydrogen-bond acceptors (Lipinski definition) is 6. The lowest BCUT2D eigenvalue weighted by atomic mass is 10.1. The number of likely N-dealkylation sites (N-methyl/N-ethyl adjacent to an activating group) is 1. The molecule has 4 N–H and O–H groups in total. The van der Waals surface area contributed by atoms with Crippen molar-refractivity contribution >= 4 is 23.0 Å². The molecule has 7 heteroatoms. The number of carbonyl (C=O) groups is 1. The fourth-order valence-electron chi connectivity index (χ4n) is 2.07. The Kier molecular flexibility index (Phi) is 5.48. The first-order valence-electron chi connectivity index (χ1n) is 6.89. The second-order valence-corrected chi connectivity index (χ2v) is 6.08. The number of aliphatic hydroxyl groups is 1. The van der Waals surface area contributed by atoms with E-state index >= 15 is 0 Å². The van der Waals surface area contributed by atoms with E-state index in [4.69, 9.17) is 10.8 Å². The number of anilines is 1. The first-order valence-corrected chi connectivity index (χ1v) is 7.71. The van der Waals surface area contributed by atoms with Crippen LogP contribution in [-0.2, 0) is 6.42 Å². The van der Waals surface area contributed by atoms with Crippen LogP contribution in [-0.4, -0.2) is 52.8 Å². The number of rotatable bonds is 7. The van der Waals surface area contributed by atoms with Crippen LogP contribution in [0.5, 0.6) is 0 Å². The van der Waals surface area contributed by atoms with E-state index in [0.29, 0.717) is 36.5 Å². The third-order valence-electron chi connectivity index (χ3n) is 3.21. The van der Waals surface area contributed by atoms with Gasteiger partial charge in [0, 0.05) is 30.8 Å². The molecular weight excluding hydrogens is 302 g/mol. The van der Waals surface area contributed by atoms with E-state index < -0.39 is 5.97 Å². The summed E-state index contributed by atoms with van der Waals surface area (Å²) in [5.41, 5.74) is 7.51. The maximum atomic E-state index is 11.4. The van der Waals surface area contributed by atoms with Crippen LogP contribution in [0.15, 0.2) is 24.3 Å². The third kappa shape index (κ3) is 4.03. The Labute approximate surface area is 132 Å². The Hall–Kier alpha value is -1.96. The predicted octanol–water partition coefficient (Wildman–Crippen LogP) is 1.56. The Morgan fingerprint density at radius 1 is 1.41 bits per heavy atom. The predicted molar refractivity (Wildman–Crippen MR) is 87.2 cm³/mol. The summed E-state index contributed by atoms with van der Waals surface area (Å²) in [5, 5.41) is 19.0. The molecule has 0 bridgehead atoms. The number of nitrogens with zero attached hydrogens (tertiary/aromatic N) is 2. The monoisotopic (exact) mass is 321 g/mol. The van der Waals surface area contributed by atoms with E-state index in [2.05, 4.69) is 4.98 Å². The highest BCUT2D eigenvalue weighted by molar-refractivity contribution is 7.14. The van der Waals surface area contributed by atoms with Gasteiger partial charge in [-0.25, -0.2) is 9.78 Å². The average Bonchev–Trinajstić information content (AvgIpc) is 2.90. The van der Waals surface area contributed by atoms with E-state index in [0.717, 1.165) is 5.01 Å². The molecule has 0 saturated heterocycles. The van der Waals surface area contributed by atoms with E-state index in [1.165, 1.54) is 11.3 Å². The molecule has 0 spiro atoms. The van der Waals surface area contributed by atoms with Gasteiger partial charge in [-0.1, -0.05) is 12.1 Å². The lowest BCUT2D eigenvalue weighted by Gasteiger charge is -2.13. The lowest BCUT2D eigenvalue weighted by molar-refractivity contribution is 0.0702. The number of thiazole rings is 1. The second kappa shape index (κ2) is 7.35. The number of nitrogens with two attached hydrogens (primary N) is 1. The molecule has 1 heterocycles. The van der Waals surface area contributed by atoms with Crippen molar-refractivity contribution in [2.75, 3.05) is 32.5 Å². The summed E-state index contributed by atoms with van der Waals surface area (Å²) in [7, 11) is 1.90. The van der Waals surface area contributed by atoms with Crippen molar-refractivity contribution in [2.45, 2.75) is 6.42 Å². The van der Waals surface area contributed by atoms with Crippen molar-refractivity contribution < 1.29 is 15.0 Å². The molecule has 1 aromatic carbocycles. The van der Waals surface area contributed by atoms with Crippen LogP contribution in [0.25, 0.3) is 11.3 Å². The van der Waals surface area contributed by atoms with Gasteiger partial charge >= 0.3 is 5.97 Å². The van der Waals surface area contributed by atoms with Gasteiger partial charge in [-0.15, -0.1) is 11.3 Å². The largest absolute Gasteiger partial charge is 0.477 e. The summed E-state index contributed by atoms with van der Waals surface area (Å²) in [6.45, 7) is 1.39. The second-order valence-electron chi connectivity index (χ2n) is 4.99. The number of carboxylic acids is 1. The fraction of sp³-hybridized carbons (Fsp3) is 0.333. The van der Waals surface area contributed by atoms with Crippen LogP contribution in [0.2, 0.25) is 0 Å². The fourth-order valence-corrected chi connectivity index (χ4v) is 2.98. The molecule has 0 saturated carbocycles. The molecule has 2 rings (SSSR count). The van der Waals surface area contributed by atoms with Gasteiger partial charge in [0.05, 0.1) is 17.3 Å². The Bertz CT molecular complexity index is 657. The van der Waals surface area contributed by atoms with E-state index in [1.807, 2.05) is 11.9 Å². The highest BCUT2D eigenvalue weighted by Gasteiger charge is 2.19. The summed E-state index contributed by atoms with van der Waals surface area (Å²) in [6, 6.07) is 7.06. The standard InChI is InChI=1S/C15H19N3O3S/c1-18(7-8-19)6-5-12-17-13(14(22-12)15(20)21)10-3-2-4-11(16)9-10/h2-4,9,19H,5-8,16H2,1H3,(H,20,21). The minimum absolute atomic E-state index is 0.100. The molecule has 1 aromatic heterocycles. The number of aromatic carboxylic acids is 1. The smallest absolute Gasteiger partial charge is 0.348 e. The number of carboxylic acid groups (broad SMARTS) is 1. The van der Waals surface area contributed by atoms with Gasteiger partial charge in [0.15, 0.2) is 0 Å². The van der Waals surface area contributed by atoms with Crippen LogP contribution in [0, 0.1) is 0 Å². The molecule has 0 aliphatic rings. The Morgan fingerprint density at radius 3 is 2.82 bits per heavy atom. The van der Waals surface area contributed by atoms with E-state index in [1.54, 1.807) is 24.3 Å². The van der Waals surface area contributed by atoms with Gasteiger partial charge in [-0.3, -0.25) is 0 Å². The lowest BCUT2D eigenvalue weighted by Crippen LogP contribution is -2.24. The third-order valence-corrected chi connectivity index (χ3v) is 4.32. The molecule has 0 amide bonds. The summed E-state index contributed by atoms with van der Waals surface area (Å²) in [6.07, 6.45) is 0.643. The molecular formula is C15H19N3O3S. The Balaban J connectivity index is 2.24. The van der Waals surface area contributed by atoms with Crippen LogP contribution in [0.1, 0.15) is 14.7 Å². The van der Waals surface area contributed by atoms with Crippen molar-refractivity contribution in [3.8, 4) is 11.3 Å². The number of benzene rings is 1. The molecule has 0 atom stereocenters. The van der Waals surface area contributed by atoms with Crippen molar-refractivity contribution in [2.24, 2.45) is 0 Å². The minimum Gasteiger partial charge on any atom is -0.477 e. The molecule has 22 heavy (non-hydrogen) atoms. The summed E-state index contributed by atoms with van der Waals surface area (Å²) in [5.74, 6) is -0.982. The van der Waals surface area contributed by atoms with Gasteiger partial charge < -0.3 is 20.8 Å². The molecule has 0 aliphatic heterocycles. The minimum atomic E-state index is -0.982. The highest BCUT2D eigenvalue weighted by Crippen LogP contribution is 2.29. The van der Waals surface area contributed by atoms with Crippen molar-refractivity contribution in [3.63, 3.8) is 0 Å². The number of nitrogen functional groups attached to an aromatic ring is 1. The first-order chi connectivity index (χ1) is 10.5. The molecule has 118 valence electrons. The maximum absolute atomic E-state index is 11.4. The molecule has 0 aliphatic carbocycles. The first kappa shape index (κ1) is 16.4. The molecule has 0 radical (unpaired) electrons. The zero-order valence-corrected chi connectivity index (χ0v) is 13.1. The normalized spacial score (nSPS) is 11.0. The van der Waals surface area contributed by atoms with Gasteiger partial charge in [0.25, 0.3) is 0 Å². The topological polar surface area (TPSA) is 99.7 Å². The zero-order valence-electron chi connectivity index (χ0n) is 12.3. The quantitative estimate of drug-likeness (QED) is 0.669. The maximum Gasteiger partial charge on any atom is 0.348 e. The Morgan fingerprint density at radius 2 is 2.18 bits per heavy atom. The van der Waals surface area contributed by atoms with Crippen molar-refractivity contribution in [1.29, 1.82) is 0 Å². The van der Waals surface area contributed by atoms with Gasteiger partial charge in [0.2, 0.25) is 0 Å². The van der Waals surface area contributed by atoms with Crippen LogP contribution < -0.4 is 5.73 Å². The van der Waals surface area contributed by atoms with E-state index in [-0.39, 0.29) is 11.5 Å². The van der Waals surface area contributed by atoms with E-state index in [9.17, 15) is 9.90 Å². The van der Waals surface area contributed by atoms with Crippen molar-refractivity contribution in [3.05, 3.63) is 34.2 Å². The SMILES string of the molecule is CN(CCO)CCc1nc(-c2cccc(N)c2)c(C(=O)O)s1. The van der Waals surface area contributed by atoms with Crippen LogP contribution in [0.4, 0.5) is 5.69 Å². The number of aliphatic hydroxyl groups excluding tert-OH is 1. The number of hydrogen-bond donors (Lipinski definition) is 3. The molecule has 6 nitrogen and oxygen atoms in total. The molecule has 0 unspecified atom stereocenters. The number of aromatic nitrogens is 1. The van der Waals surface area contributed by atoms with Gasteiger partial charge in [-0.2, -0.15) is 0 Å². The van der Waals surface area contributed by atoms with Crippen LogP contribution >= 0.6 is 11.3 Å². The van der Waals surface area contributed by atoms with Gasteiger partial charge in [0.1, 0.15) is 4.88 Å². The highest BCUT2D eigenvalue weighted by atomic mass is 32.1. The summed E-state index contributed by atoms with van der Waals surface area (Å²) >= 11 is 1.19. The van der Waals surface area contributed by atoms with Crippen molar-refractivity contribution in [1.82, 2.24) is 9.88 Å². The molecule has 2 aromatic rings. The molecule has 0 fully saturated rings. The zero-order chi connectivity index (χ0) is 16.1.